The lowest BCUT2D eigenvalue weighted by molar-refractivity contribution is 0.0391. The molecule has 2 fully saturated rings. The molecule has 0 bridgehead atoms. The predicted molar refractivity (Wildman–Crippen MR) is 69.9 cm³/mol. The minimum absolute atomic E-state index is 0.141. The van der Waals surface area contributed by atoms with Crippen LogP contribution < -0.4 is 0 Å². The molecule has 0 spiro atoms. The van der Waals surface area contributed by atoms with Gasteiger partial charge in [0.2, 0.25) is 0 Å². The van der Waals surface area contributed by atoms with E-state index in [1.807, 2.05) is 6.92 Å². The molecule has 0 amide bonds. The second-order valence-corrected chi connectivity index (χ2v) is 7.96. The van der Waals surface area contributed by atoms with Crippen LogP contribution in [0.15, 0.2) is 0 Å². The van der Waals surface area contributed by atoms with E-state index < -0.39 is 9.84 Å². The highest BCUT2D eigenvalue weighted by Crippen LogP contribution is 2.26. The number of rotatable bonds is 3. The van der Waals surface area contributed by atoms with Gasteiger partial charge in [-0.3, -0.25) is 9.80 Å². The van der Waals surface area contributed by atoms with Crippen LogP contribution in [0, 0.1) is 0 Å². The van der Waals surface area contributed by atoms with Gasteiger partial charge in [-0.1, -0.05) is 0 Å². The normalized spacial score (nSPS) is 33.6. The summed E-state index contributed by atoms with van der Waals surface area (Å²) in [4.78, 5) is 4.95. The fourth-order valence-corrected chi connectivity index (χ4v) is 4.43. The second kappa shape index (κ2) is 4.86. The molecule has 0 saturated carbocycles. The van der Waals surface area contributed by atoms with Crippen LogP contribution in [0.3, 0.4) is 0 Å². The Morgan fingerprint density at radius 3 is 2.71 bits per heavy atom. The molecule has 0 aromatic carbocycles. The van der Waals surface area contributed by atoms with Crippen molar-refractivity contribution >= 4 is 9.84 Å². The van der Waals surface area contributed by atoms with Gasteiger partial charge in [0.05, 0.1) is 5.75 Å². The van der Waals surface area contributed by atoms with Crippen molar-refractivity contribution in [1.82, 2.24) is 9.80 Å². The van der Waals surface area contributed by atoms with Gasteiger partial charge in [0.1, 0.15) is 9.84 Å². The number of sulfone groups is 1. The lowest BCUT2D eigenvalue weighted by atomic mass is 10.1. The van der Waals surface area contributed by atoms with Gasteiger partial charge in [0.15, 0.2) is 0 Å². The van der Waals surface area contributed by atoms with Gasteiger partial charge in [-0.25, -0.2) is 8.42 Å². The summed E-state index contributed by atoms with van der Waals surface area (Å²) in [5.41, 5.74) is 0. The maximum absolute atomic E-state index is 11.4. The molecule has 100 valence electrons. The molecule has 2 aliphatic rings. The van der Waals surface area contributed by atoms with Crippen LogP contribution in [-0.4, -0.2) is 68.0 Å². The average molecular weight is 260 g/mol. The summed E-state index contributed by atoms with van der Waals surface area (Å²) in [5.74, 6) is 0.282. The van der Waals surface area contributed by atoms with Crippen LogP contribution in [0.2, 0.25) is 0 Å². The number of nitrogens with zero attached hydrogens (tertiary/aromatic N) is 2. The largest absolute Gasteiger partial charge is 0.298 e. The minimum atomic E-state index is -2.87. The Kier molecular flexibility index (Phi) is 3.80. The molecule has 0 radical (unpaired) electrons. The van der Waals surface area contributed by atoms with Crippen molar-refractivity contribution in [3.05, 3.63) is 0 Å². The van der Waals surface area contributed by atoms with E-state index in [2.05, 4.69) is 16.7 Å². The first kappa shape index (κ1) is 13.3. The average Bonchev–Trinajstić information content (AvgIpc) is 2.60. The van der Waals surface area contributed by atoms with E-state index in [9.17, 15) is 8.42 Å². The number of hydrogen-bond acceptors (Lipinski definition) is 4. The van der Waals surface area contributed by atoms with Gasteiger partial charge in [-0.15, -0.1) is 0 Å². The van der Waals surface area contributed by atoms with Crippen LogP contribution in [-0.2, 0) is 9.84 Å². The van der Waals surface area contributed by atoms with Gasteiger partial charge in [0.25, 0.3) is 0 Å². The van der Waals surface area contributed by atoms with Crippen LogP contribution in [0.4, 0.5) is 0 Å². The van der Waals surface area contributed by atoms with Gasteiger partial charge in [-0.2, -0.15) is 0 Å². The van der Waals surface area contributed by atoms with E-state index in [1.165, 1.54) is 25.6 Å². The van der Waals surface area contributed by atoms with Crippen LogP contribution >= 0.6 is 0 Å². The predicted octanol–water partition coefficient (Wildman–Crippen LogP) is 0.588. The fourth-order valence-electron chi connectivity index (χ4n) is 3.36. The molecule has 0 aromatic rings. The van der Waals surface area contributed by atoms with E-state index in [4.69, 9.17) is 0 Å². The Morgan fingerprint density at radius 2 is 2.06 bits per heavy atom. The third-order valence-electron chi connectivity index (χ3n) is 4.10. The van der Waals surface area contributed by atoms with Crippen molar-refractivity contribution in [3.63, 3.8) is 0 Å². The lowest BCUT2D eigenvalue weighted by Crippen LogP contribution is -2.58. The fraction of sp³-hybridized carbons (Fsp3) is 1.00. The van der Waals surface area contributed by atoms with Gasteiger partial charge >= 0.3 is 0 Å². The summed E-state index contributed by atoms with van der Waals surface area (Å²) in [7, 11) is -2.87. The number of piperazine rings is 1. The maximum atomic E-state index is 11.4. The highest BCUT2D eigenvalue weighted by Gasteiger charge is 2.36. The Labute approximate surface area is 105 Å². The van der Waals surface area contributed by atoms with E-state index in [-0.39, 0.29) is 11.8 Å². The van der Waals surface area contributed by atoms with Crippen molar-refractivity contribution in [1.29, 1.82) is 0 Å². The summed E-state index contributed by atoms with van der Waals surface area (Å²) in [6.07, 6.45) is 3.90. The number of hydrogen-bond donors (Lipinski definition) is 0. The molecule has 4 nitrogen and oxygen atoms in total. The lowest BCUT2D eigenvalue weighted by Gasteiger charge is -2.45. The summed E-state index contributed by atoms with van der Waals surface area (Å²) in [6.45, 7) is 7.62. The van der Waals surface area contributed by atoms with E-state index >= 15 is 0 Å². The van der Waals surface area contributed by atoms with E-state index in [1.54, 1.807) is 0 Å². The molecule has 3 unspecified atom stereocenters. The Balaban J connectivity index is 2.00. The van der Waals surface area contributed by atoms with Gasteiger partial charge in [0, 0.05) is 37.5 Å². The molecule has 5 heteroatoms. The van der Waals surface area contributed by atoms with Gasteiger partial charge in [-0.05, 0) is 33.2 Å². The molecule has 3 atom stereocenters. The highest BCUT2D eigenvalue weighted by molar-refractivity contribution is 7.90. The first-order chi connectivity index (χ1) is 7.87. The van der Waals surface area contributed by atoms with Crippen LogP contribution in [0.25, 0.3) is 0 Å². The molecule has 2 heterocycles. The van der Waals surface area contributed by atoms with E-state index in [0.29, 0.717) is 12.1 Å². The Morgan fingerprint density at radius 1 is 1.35 bits per heavy atom. The van der Waals surface area contributed by atoms with Crippen molar-refractivity contribution in [2.45, 2.75) is 44.8 Å². The van der Waals surface area contributed by atoms with Crippen LogP contribution in [0.5, 0.6) is 0 Å². The Hall–Kier alpha value is -0.130. The van der Waals surface area contributed by atoms with Gasteiger partial charge < -0.3 is 0 Å². The zero-order chi connectivity index (χ0) is 12.6. The molecular formula is C12H24N2O2S. The third kappa shape index (κ3) is 3.20. The molecule has 2 rings (SSSR count). The SMILES string of the molecule is CC1CN2CCCC2CN1C(C)CS(C)(=O)=O. The molecular weight excluding hydrogens is 236 g/mol. The molecule has 0 aromatic heterocycles. The molecule has 2 aliphatic heterocycles. The standard InChI is InChI=1S/C12H24N2O2S/c1-10-7-13-6-4-5-12(13)8-14(10)11(2)9-17(3,15)16/h10-12H,4-9H2,1-3H3. The summed E-state index contributed by atoms with van der Waals surface area (Å²) in [6, 6.07) is 1.28. The quantitative estimate of drug-likeness (QED) is 0.744. The molecule has 17 heavy (non-hydrogen) atoms. The molecule has 0 N–H and O–H groups in total. The zero-order valence-electron chi connectivity index (χ0n) is 11.1. The molecule has 2 saturated heterocycles. The monoisotopic (exact) mass is 260 g/mol. The molecule has 0 aliphatic carbocycles. The third-order valence-corrected chi connectivity index (χ3v) is 5.18. The highest BCUT2D eigenvalue weighted by atomic mass is 32.2. The minimum Gasteiger partial charge on any atom is -0.298 e. The van der Waals surface area contributed by atoms with Crippen molar-refractivity contribution in [2.75, 3.05) is 31.6 Å². The van der Waals surface area contributed by atoms with Crippen molar-refractivity contribution in [3.8, 4) is 0 Å². The number of fused-ring (bicyclic) bond motifs is 1. The maximum Gasteiger partial charge on any atom is 0.148 e. The first-order valence-corrected chi connectivity index (χ1v) is 8.60. The van der Waals surface area contributed by atoms with Crippen molar-refractivity contribution in [2.24, 2.45) is 0 Å². The first-order valence-electron chi connectivity index (χ1n) is 6.54. The second-order valence-electron chi connectivity index (χ2n) is 5.78. The topological polar surface area (TPSA) is 40.6 Å². The van der Waals surface area contributed by atoms with Crippen LogP contribution in [0.1, 0.15) is 26.7 Å². The summed E-state index contributed by atoms with van der Waals surface area (Å²) >= 11 is 0. The summed E-state index contributed by atoms with van der Waals surface area (Å²) in [5, 5.41) is 0. The Bertz CT molecular complexity index is 369. The summed E-state index contributed by atoms with van der Waals surface area (Å²) < 4.78 is 22.8. The zero-order valence-corrected chi connectivity index (χ0v) is 11.9. The van der Waals surface area contributed by atoms with E-state index in [0.717, 1.165) is 13.1 Å². The van der Waals surface area contributed by atoms with Crippen molar-refractivity contribution < 1.29 is 8.42 Å². The smallest absolute Gasteiger partial charge is 0.148 e.